The molecule has 0 bridgehead atoms. The van der Waals surface area contributed by atoms with Crippen LogP contribution in [0.1, 0.15) is 25.8 Å². The second-order valence-electron chi connectivity index (χ2n) is 4.40. The summed E-state index contributed by atoms with van der Waals surface area (Å²) in [4.78, 5) is 17.0. The largest absolute Gasteiger partial charge is 0.395 e. The van der Waals surface area contributed by atoms with Crippen molar-refractivity contribution >= 4 is 17.3 Å². The molecule has 0 spiro atoms. The first-order valence-corrected chi connectivity index (χ1v) is 7.10. The molecule has 1 aliphatic heterocycles. The normalized spacial score (nSPS) is 15.4. The van der Waals surface area contributed by atoms with Gasteiger partial charge in [-0.3, -0.25) is 4.79 Å². The second-order valence-corrected chi connectivity index (χ2v) is 4.40. The van der Waals surface area contributed by atoms with Crippen molar-refractivity contribution < 1.29 is 19.1 Å². The summed E-state index contributed by atoms with van der Waals surface area (Å²) < 4.78 is 10.8. The quantitative estimate of drug-likeness (QED) is 0.453. The number of rotatable bonds is 8. The average molecular weight is 292 g/mol. The van der Waals surface area contributed by atoms with Crippen LogP contribution < -0.4 is 5.32 Å². The fraction of sp³-hybridized carbons (Fsp3) is 0.467. The molecule has 1 amide bonds. The van der Waals surface area contributed by atoms with Crippen LogP contribution in [0.3, 0.4) is 0 Å². The molecule has 0 unspecified atom stereocenters. The monoisotopic (exact) mass is 292 g/mol. The van der Waals surface area contributed by atoms with Crippen molar-refractivity contribution in [2.45, 2.75) is 26.6 Å². The van der Waals surface area contributed by atoms with E-state index in [4.69, 9.17) is 14.3 Å². The zero-order valence-corrected chi connectivity index (χ0v) is 12.3. The Hall–Kier alpha value is -1.92. The molecule has 0 saturated carbocycles. The minimum atomic E-state index is -0.301. The van der Waals surface area contributed by atoms with Crippen molar-refractivity contribution in [2.24, 2.45) is 5.16 Å². The van der Waals surface area contributed by atoms with Crippen molar-refractivity contribution in [1.82, 2.24) is 0 Å². The van der Waals surface area contributed by atoms with Gasteiger partial charge in [-0.05, 0) is 19.9 Å². The Bertz CT molecular complexity index is 510. The number of hydrogen-bond acceptors (Lipinski definition) is 5. The lowest BCUT2D eigenvalue weighted by Gasteiger charge is -2.15. The molecular weight excluding hydrogens is 272 g/mol. The molecule has 0 aromatic heterocycles. The maximum absolute atomic E-state index is 11.8. The first-order chi connectivity index (χ1) is 10.3. The molecule has 0 fully saturated rings. The van der Waals surface area contributed by atoms with Gasteiger partial charge in [0.05, 0.1) is 5.69 Å². The number of benzene rings is 1. The van der Waals surface area contributed by atoms with E-state index >= 15 is 0 Å². The first kappa shape index (κ1) is 15.5. The Labute approximate surface area is 124 Å². The Balaban J connectivity index is 1.88. The molecule has 1 heterocycles. The highest BCUT2D eigenvalue weighted by molar-refractivity contribution is 6.53. The number of hydrogen-bond donors (Lipinski definition) is 1. The van der Waals surface area contributed by atoms with Crippen LogP contribution in [0.4, 0.5) is 5.69 Å². The van der Waals surface area contributed by atoms with Gasteiger partial charge in [0, 0.05) is 25.2 Å². The summed E-state index contributed by atoms with van der Waals surface area (Å²) in [6.07, 6.45) is 0.256. The van der Waals surface area contributed by atoms with E-state index in [2.05, 4.69) is 10.5 Å². The lowest BCUT2D eigenvalue weighted by atomic mass is 10.1. The topological polar surface area (TPSA) is 69.2 Å². The van der Waals surface area contributed by atoms with E-state index in [1.807, 2.05) is 38.1 Å². The number of para-hydroxylation sites is 1. The van der Waals surface area contributed by atoms with Gasteiger partial charge in [-0.15, -0.1) is 0 Å². The molecule has 1 N–H and O–H groups in total. The third-order valence-corrected chi connectivity index (χ3v) is 2.95. The third-order valence-electron chi connectivity index (χ3n) is 2.95. The van der Waals surface area contributed by atoms with Gasteiger partial charge in [0.15, 0.2) is 12.0 Å². The van der Waals surface area contributed by atoms with Crippen LogP contribution in [0.5, 0.6) is 0 Å². The highest BCUT2D eigenvalue weighted by Crippen LogP contribution is 2.22. The molecule has 1 aromatic carbocycles. The van der Waals surface area contributed by atoms with Gasteiger partial charge < -0.3 is 19.6 Å². The van der Waals surface area contributed by atoms with Crippen LogP contribution in [-0.2, 0) is 19.1 Å². The predicted molar refractivity (Wildman–Crippen MR) is 79.2 cm³/mol. The predicted octanol–water partition coefficient (Wildman–Crippen LogP) is 2.15. The molecule has 1 aliphatic rings. The number of oxime groups is 1. The molecule has 0 saturated heterocycles. The maximum atomic E-state index is 11.8. The number of anilines is 1. The van der Waals surface area contributed by atoms with Crippen molar-refractivity contribution in [3.05, 3.63) is 29.8 Å². The average Bonchev–Trinajstić information content (AvgIpc) is 2.80. The van der Waals surface area contributed by atoms with Crippen LogP contribution in [0, 0.1) is 0 Å². The lowest BCUT2D eigenvalue weighted by Crippen LogP contribution is -2.19. The van der Waals surface area contributed by atoms with E-state index in [9.17, 15) is 4.79 Å². The van der Waals surface area contributed by atoms with E-state index in [0.717, 1.165) is 11.3 Å². The summed E-state index contributed by atoms with van der Waals surface area (Å²) in [5, 5.41) is 6.67. The molecule has 6 heteroatoms. The Morgan fingerprint density at radius 3 is 2.62 bits per heavy atom. The minimum Gasteiger partial charge on any atom is -0.395 e. The second kappa shape index (κ2) is 7.75. The zero-order valence-electron chi connectivity index (χ0n) is 12.3. The van der Waals surface area contributed by atoms with Crippen LogP contribution in [0.2, 0.25) is 0 Å². The van der Waals surface area contributed by atoms with Crippen molar-refractivity contribution in [1.29, 1.82) is 0 Å². The summed E-state index contributed by atoms with van der Waals surface area (Å²) >= 11 is 0. The van der Waals surface area contributed by atoms with E-state index in [1.54, 1.807) is 0 Å². The van der Waals surface area contributed by atoms with Gasteiger partial charge in [-0.2, -0.15) is 0 Å². The number of amides is 1. The summed E-state index contributed by atoms with van der Waals surface area (Å²) in [6.45, 7) is 5.30. The van der Waals surface area contributed by atoms with E-state index in [1.165, 1.54) is 0 Å². The molecule has 2 rings (SSSR count). The van der Waals surface area contributed by atoms with E-state index in [-0.39, 0.29) is 12.2 Å². The Morgan fingerprint density at radius 1 is 1.19 bits per heavy atom. The van der Waals surface area contributed by atoms with Crippen LogP contribution in [0.25, 0.3) is 0 Å². The minimum absolute atomic E-state index is 0.248. The van der Waals surface area contributed by atoms with Gasteiger partial charge in [0.2, 0.25) is 0 Å². The summed E-state index contributed by atoms with van der Waals surface area (Å²) in [7, 11) is 0. The Morgan fingerprint density at radius 2 is 1.90 bits per heavy atom. The molecule has 114 valence electrons. The molecular formula is C15H20N2O4. The molecule has 1 aromatic rings. The van der Waals surface area contributed by atoms with Gasteiger partial charge in [-0.25, -0.2) is 0 Å². The number of fused-ring (bicyclic) bond motifs is 1. The van der Waals surface area contributed by atoms with Gasteiger partial charge in [0.1, 0.15) is 6.61 Å². The van der Waals surface area contributed by atoms with Crippen LogP contribution in [0.15, 0.2) is 29.4 Å². The fourth-order valence-corrected chi connectivity index (χ4v) is 2.04. The highest BCUT2D eigenvalue weighted by Gasteiger charge is 2.26. The van der Waals surface area contributed by atoms with Gasteiger partial charge in [0.25, 0.3) is 5.91 Å². The fourth-order valence-electron chi connectivity index (χ4n) is 2.04. The maximum Gasteiger partial charge on any atom is 0.278 e. The van der Waals surface area contributed by atoms with Crippen molar-refractivity contribution in [2.75, 3.05) is 25.1 Å². The molecule has 6 nitrogen and oxygen atoms in total. The lowest BCUT2D eigenvalue weighted by molar-refractivity contribution is -0.146. The van der Waals surface area contributed by atoms with Crippen LogP contribution >= 0.6 is 0 Å². The molecule has 21 heavy (non-hydrogen) atoms. The van der Waals surface area contributed by atoms with Crippen molar-refractivity contribution in [3.63, 3.8) is 0 Å². The van der Waals surface area contributed by atoms with Crippen LogP contribution in [-0.4, -0.2) is 37.7 Å². The smallest absolute Gasteiger partial charge is 0.278 e. The SMILES string of the molecule is CCOC(CCON=C1C(=O)Nc2ccccc21)OCC. The number of carbonyl (C=O) groups is 1. The number of nitrogens with zero attached hydrogens (tertiary/aromatic N) is 1. The van der Waals surface area contributed by atoms with E-state index < -0.39 is 0 Å². The standard InChI is InChI=1S/C15H20N2O4/c1-3-19-13(20-4-2)9-10-21-17-14-11-7-5-6-8-12(11)16-15(14)18/h5-8,13H,3-4,9-10H2,1-2H3,(H,16,17,18). The number of nitrogens with one attached hydrogen (secondary N) is 1. The summed E-state index contributed by atoms with van der Waals surface area (Å²) in [5.74, 6) is -0.248. The first-order valence-electron chi connectivity index (χ1n) is 7.10. The Kier molecular flexibility index (Phi) is 5.71. The molecule has 0 aliphatic carbocycles. The summed E-state index contributed by atoms with van der Waals surface area (Å²) in [5.41, 5.74) is 1.81. The van der Waals surface area contributed by atoms with Gasteiger partial charge >= 0.3 is 0 Å². The zero-order chi connectivity index (χ0) is 15.1. The van der Waals surface area contributed by atoms with Gasteiger partial charge in [-0.1, -0.05) is 23.4 Å². The number of carbonyl (C=O) groups excluding carboxylic acids is 1. The molecule has 0 atom stereocenters. The summed E-state index contributed by atoms with van der Waals surface area (Å²) in [6, 6.07) is 7.38. The van der Waals surface area contributed by atoms with E-state index in [0.29, 0.717) is 32.0 Å². The van der Waals surface area contributed by atoms with Crippen molar-refractivity contribution in [3.8, 4) is 0 Å². The highest BCUT2D eigenvalue weighted by atomic mass is 16.7. The molecule has 0 radical (unpaired) electrons. The third kappa shape index (κ3) is 4.03. The number of ether oxygens (including phenoxy) is 2.